The molecule has 0 aliphatic rings. The van der Waals surface area contributed by atoms with Gasteiger partial charge >= 0.3 is 5.97 Å². The van der Waals surface area contributed by atoms with Gasteiger partial charge in [-0.25, -0.2) is 12.8 Å². The molecule has 0 aliphatic carbocycles. The number of ether oxygens (including phenoxy) is 1. The molecule has 2 aromatic carbocycles. The number of amides is 1. The van der Waals surface area contributed by atoms with Gasteiger partial charge < -0.3 is 10.1 Å². The Bertz CT molecular complexity index is 960. The number of anilines is 1. The van der Waals surface area contributed by atoms with Gasteiger partial charge in [0.1, 0.15) is 12.4 Å². The van der Waals surface area contributed by atoms with E-state index < -0.39 is 40.9 Å². The smallest absolute Gasteiger partial charge is 0.321 e. The zero-order valence-electron chi connectivity index (χ0n) is 15.4. The predicted octanol–water partition coefficient (Wildman–Crippen LogP) is 2.41. The van der Waals surface area contributed by atoms with Crippen LogP contribution in [0.4, 0.5) is 10.1 Å². The van der Waals surface area contributed by atoms with Crippen molar-refractivity contribution in [2.24, 2.45) is 0 Å². The molecule has 2 aromatic rings. The van der Waals surface area contributed by atoms with E-state index in [0.29, 0.717) is 5.69 Å². The van der Waals surface area contributed by atoms with Crippen molar-refractivity contribution in [3.05, 3.63) is 59.9 Å². The molecule has 0 radical (unpaired) electrons. The van der Waals surface area contributed by atoms with Crippen molar-refractivity contribution in [3.8, 4) is 0 Å². The fourth-order valence-electron chi connectivity index (χ4n) is 2.37. The minimum atomic E-state index is -4.07. The quantitative estimate of drug-likeness (QED) is 0.653. The fraction of sp³-hybridized carbons (Fsp3) is 0.263. The predicted molar refractivity (Wildman–Crippen MR) is 102 cm³/mol. The van der Waals surface area contributed by atoms with Crippen molar-refractivity contribution < 1.29 is 27.1 Å². The summed E-state index contributed by atoms with van der Waals surface area (Å²) >= 11 is 0. The molecule has 1 amide bonds. The van der Waals surface area contributed by atoms with Crippen LogP contribution in [0, 0.1) is 5.82 Å². The van der Waals surface area contributed by atoms with Crippen molar-refractivity contribution in [2.75, 3.05) is 18.5 Å². The Kier molecular flexibility index (Phi) is 7.24. The second kappa shape index (κ2) is 9.43. The fourth-order valence-corrected chi connectivity index (χ4v) is 3.37. The summed E-state index contributed by atoms with van der Waals surface area (Å²) in [5.41, 5.74) is 1.55. The highest BCUT2D eigenvalue weighted by Gasteiger charge is 2.17. The molecule has 28 heavy (non-hydrogen) atoms. The number of rotatable bonds is 8. The van der Waals surface area contributed by atoms with Crippen molar-refractivity contribution in [1.82, 2.24) is 4.72 Å². The van der Waals surface area contributed by atoms with Crippen LogP contribution in [0.5, 0.6) is 0 Å². The maximum absolute atomic E-state index is 13.1. The van der Waals surface area contributed by atoms with E-state index in [1.165, 1.54) is 12.1 Å². The third kappa shape index (κ3) is 6.14. The Morgan fingerprint density at radius 1 is 1.11 bits per heavy atom. The number of sulfonamides is 1. The summed E-state index contributed by atoms with van der Waals surface area (Å²) in [5, 5.41) is 2.66. The molecule has 2 rings (SSSR count). The normalized spacial score (nSPS) is 11.3. The standard InChI is InChI=1S/C19H21FN2O5S/c1-13(2)16-8-3-4-9-17(16)22-18(23)12-27-19(24)11-21-28(25,26)15-7-5-6-14(20)10-15/h3-10,13,21H,11-12H2,1-2H3,(H,22,23). The van der Waals surface area contributed by atoms with Gasteiger partial charge in [-0.05, 0) is 35.7 Å². The summed E-state index contributed by atoms with van der Waals surface area (Å²) in [6.45, 7) is 2.72. The molecule has 0 saturated heterocycles. The molecule has 0 spiro atoms. The van der Waals surface area contributed by atoms with Crippen molar-refractivity contribution >= 4 is 27.6 Å². The van der Waals surface area contributed by atoms with Crippen LogP contribution in [0.15, 0.2) is 53.4 Å². The number of esters is 1. The maximum atomic E-state index is 13.1. The van der Waals surface area contributed by atoms with Gasteiger partial charge in [0.15, 0.2) is 6.61 Å². The molecule has 0 atom stereocenters. The molecule has 0 aromatic heterocycles. The Labute approximate surface area is 163 Å². The van der Waals surface area contributed by atoms with Gasteiger partial charge in [-0.1, -0.05) is 38.1 Å². The lowest BCUT2D eigenvalue weighted by molar-refractivity contribution is -0.146. The van der Waals surface area contributed by atoms with Gasteiger partial charge in [0.2, 0.25) is 10.0 Å². The number of nitrogens with one attached hydrogen (secondary N) is 2. The van der Waals surface area contributed by atoms with E-state index in [2.05, 4.69) is 5.32 Å². The Balaban J connectivity index is 1.85. The minimum Gasteiger partial charge on any atom is -0.455 e. The first-order valence-electron chi connectivity index (χ1n) is 8.48. The highest BCUT2D eigenvalue weighted by molar-refractivity contribution is 7.89. The molecular weight excluding hydrogens is 387 g/mol. The molecule has 0 unspecified atom stereocenters. The lowest BCUT2D eigenvalue weighted by atomic mass is 10.0. The zero-order chi connectivity index (χ0) is 20.7. The number of carbonyl (C=O) groups is 2. The van der Waals surface area contributed by atoms with Crippen molar-refractivity contribution in [2.45, 2.75) is 24.7 Å². The van der Waals surface area contributed by atoms with Crippen LogP contribution >= 0.6 is 0 Å². The minimum absolute atomic E-state index is 0.191. The molecule has 0 aliphatic heterocycles. The first-order chi connectivity index (χ1) is 13.2. The van der Waals surface area contributed by atoms with E-state index in [1.54, 1.807) is 12.1 Å². The van der Waals surface area contributed by atoms with Crippen LogP contribution in [0.2, 0.25) is 0 Å². The lowest BCUT2D eigenvalue weighted by Gasteiger charge is -2.13. The number of carbonyl (C=O) groups excluding carboxylic acids is 2. The Morgan fingerprint density at radius 3 is 2.50 bits per heavy atom. The van der Waals surface area contributed by atoms with Crippen LogP contribution in [0.1, 0.15) is 25.3 Å². The highest BCUT2D eigenvalue weighted by atomic mass is 32.2. The molecule has 9 heteroatoms. The van der Waals surface area contributed by atoms with Crippen LogP contribution in [-0.4, -0.2) is 33.4 Å². The SMILES string of the molecule is CC(C)c1ccccc1NC(=O)COC(=O)CNS(=O)(=O)c1cccc(F)c1. The van der Waals surface area contributed by atoms with Crippen molar-refractivity contribution in [1.29, 1.82) is 0 Å². The van der Waals surface area contributed by atoms with Gasteiger partial charge in [-0.2, -0.15) is 4.72 Å². The third-order valence-corrected chi connectivity index (χ3v) is 5.13. The summed E-state index contributed by atoms with van der Waals surface area (Å²) in [6, 6.07) is 11.6. The second-order valence-corrected chi connectivity index (χ2v) is 8.00. The zero-order valence-corrected chi connectivity index (χ0v) is 16.3. The Hall–Kier alpha value is -2.78. The second-order valence-electron chi connectivity index (χ2n) is 6.23. The summed E-state index contributed by atoms with van der Waals surface area (Å²) in [7, 11) is -4.07. The molecule has 0 fully saturated rings. The molecule has 0 saturated carbocycles. The average molecular weight is 408 g/mol. The van der Waals surface area contributed by atoms with Gasteiger partial charge in [-0.15, -0.1) is 0 Å². The number of benzene rings is 2. The topological polar surface area (TPSA) is 102 Å². The number of halogens is 1. The summed E-state index contributed by atoms with van der Waals surface area (Å²) in [6.07, 6.45) is 0. The molecule has 0 bridgehead atoms. The van der Waals surface area contributed by atoms with Crippen LogP contribution in [-0.2, 0) is 24.3 Å². The highest BCUT2D eigenvalue weighted by Crippen LogP contribution is 2.23. The van der Waals surface area contributed by atoms with Crippen LogP contribution in [0.3, 0.4) is 0 Å². The maximum Gasteiger partial charge on any atom is 0.321 e. The largest absolute Gasteiger partial charge is 0.455 e. The summed E-state index contributed by atoms with van der Waals surface area (Å²) in [5.74, 6) is -2.01. The molecule has 0 heterocycles. The van der Waals surface area contributed by atoms with E-state index >= 15 is 0 Å². The first-order valence-corrected chi connectivity index (χ1v) is 9.97. The van der Waals surface area contributed by atoms with Crippen LogP contribution in [0.25, 0.3) is 0 Å². The first kappa shape index (κ1) is 21.5. The third-order valence-electron chi connectivity index (χ3n) is 3.73. The monoisotopic (exact) mass is 408 g/mol. The number of hydrogen-bond donors (Lipinski definition) is 2. The van der Waals surface area contributed by atoms with Gasteiger partial charge in [-0.3, -0.25) is 9.59 Å². The molecule has 150 valence electrons. The van der Waals surface area contributed by atoms with E-state index in [1.807, 2.05) is 30.7 Å². The molecule has 2 N–H and O–H groups in total. The van der Waals surface area contributed by atoms with E-state index in [9.17, 15) is 22.4 Å². The van der Waals surface area contributed by atoms with Crippen molar-refractivity contribution in [3.63, 3.8) is 0 Å². The number of para-hydroxylation sites is 1. The van der Waals surface area contributed by atoms with Gasteiger partial charge in [0.05, 0.1) is 4.90 Å². The number of hydrogen-bond acceptors (Lipinski definition) is 5. The van der Waals surface area contributed by atoms with Crippen LogP contribution < -0.4 is 10.0 Å². The summed E-state index contributed by atoms with van der Waals surface area (Å²) < 4.78 is 43.9. The van der Waals surface area contributed by atoms with E-state index in [0.717, 1.165) is 17.7 Å². The molecule has 7 nitrogen and oxygen atoms in total. The molecular formula is C19H21FN2O5S. The Morgan fingerprint density at radius 2 is 1.82 bits per heavy atom. The van der Waals surface area contributed by atoms with Gasteiger partial charge in [0, 0.05) is 5.69 Å². The van der Waals surface area contributed by atoms with E-state index in [4.69, 9.17) is 4.74 Å². The van der Waals surface area contributed by atoms with E-state index in [-0.39, 0.29) is 10.8 Å². The lowest BCUT2D eigenvalue weighted by Crippen LogP contribution is -2.32. The summed E-state index contributed by atoms with van der Waals surface area (Å²) in [4.78, 5) is 23.4. The van der Waals surface area contributed by atoms with Gasteiger partial charge in [0.25, 0.3) is 5.91 Å². The average Bonchev–Trinajstić information content (AvgIpc) is 2.65.